The minimum Gasteiger partial charge on any atom is -0.491 e. The average molecular weight is 326 g/mol. The summed E-state index contributed by atoms with van der Waals surface area (Å²) in [5.41, 5.74) is 1.97. The van der Waals surface area contributed by atoms with E-state index in [9.17, 15) is 5.11 Å². The number of hydrogen-bond acceptors (Lipinski definition) is 3. The summed E-state index contributed by atoms with van der Waals surface area (Å²) >= 11 is 11.8. The molecular formula is C16H17Cl2NO2. The van der Waals surface area contributed by atoms with Crippen molar-refractivity contribution in [1.29, 1.82) is 0 Å². The molecule has 112 valence electrons. The van der Waals surface area contributed by atoms with Crippen LogP contribution < -0.4 is 10.1 Å². The first-order valence-electron chi connectivity index (χ1n) is 6.61. The van der Waals surface area contributed by atoms with Crippen molar-refractivity contribution >= 4 is 28.9 Å². The fraction of sp³-hybridized carbons (Fsp3) is 0.250. The van der Waals surface area contributed by atoms with Crippen molar-refractivity contribution in [3.8, 4) is 5.75 Å². The van der Waals surface area contributed by atoms with Crippen LogP contribution in [0.5, 0.6) is 5.75 Å². The van der Waals surface area contributed by atoms with E-state index >= 15 is 0 Å². The molecule has 0 aliphatic heterocycles. The molecule has 0 spiro atoms. The Balaban J connectivity index is 1.77. The van der Waals surface area contributed by atoms with Crippen LogP contribution in [-0.2, 0) is 0 Å². The van der Waals surface area contributed by atoms with Gasteiger partial charge >= 0.3 is 0 Å². The van der Waals surface area contributed by atoms with E-state index in [0.717, 1.165) is 11.4 Å². The second kappa shape index (κ2) is 7.55. The highest BCUT2D eigenvalue weighted by Crippen LogP contribution is 2.24. The Morgan fingerprint density at radius 3 is 2.48 bits per heavy atom. The van der Waals surface area contributed by atoms with Crippen LogP contribution in [0.4, 0.5) is 5.69 Å². The molecule has 0 amide bonds. The molecule has 3 nitrogen and oxygen atoms in total. The van der Waals surface area contributed by atoms with Gasteiger partial charge in [0.25, 0.3) is 0 Å². The predicted octanol–water partition coefficient (Wildman–Crippen LogP) is 4.15. The third kappa shape index (κ3) is 5.12. The highest BCUT2D eigenvalue weighted by Gasteiger charge is 2.06. The van der Waals surface area contributed by atoms with Gasteiger partial charge in [-0.15, -0.1) is 0 Å². The van der Waals surface area contributed by atoms with Crippen LogP contribution in [0.3, 0.4) is 0 Å². The normalized spacial score (nSPS) is 12.0. The molecular weight excluding hydrogens is 309 g/mol. The van der Waals surface area contributed by atoms with Crippen LogP contribution in [-0.4, -0.2) is 24.4 Å². The van der Waals surface area contributed by atoms with Crippen LogP contribution in [0, 0.1) is 6.92 Å². The molecule has 0 fully saturated rings. The fourth-order valence-electron chi connectivity index (χ4n) is 1.73. The van der Waals surface area contributed by atoms with Crippen molar-refractivity contribution < 1.29 is 9.84 Å². The lowest BCUT2D eigenvalue weighted by Gasteiger charge is -2.14. The van der Waals surface area contributed by atoms with Gasteiger partial charge in [-0.05, 0) is 37.3 Å². The molecule has 1 unspecified atom stereocenters. The van der Waals surface area contributed by atoms with Gasteiger partial charge in [0.05, 0.1) is 10.0 Å². The molecule has 0 heterocycles. The van der Waals surface area contributed by atoms with Gasteiger partial charge in [0.1, 0.15) is 18.5 Å². The number of hydrogen-bond donors (Lipinski definition) is 2. The zero-order valence-electron chi connectivity index (χ0n) is 11.6. The van der Waals surface area contributed by atoms with Gasteiger partial charge < -0.3 is 15.2 Å². The summed E-state index contributed by atoms with van der Waals surface area (Å²) < 4.78 is 5.52. The Labute approximate surface area is 134 Å². The number of anilines is 1. The fourth-order valence-corrected chi connectivity index (χ4v) is 2.03. The maximum atomic E-state index is 9.90. The lowest BCUT2D eigenvalue weighted by atomic mass is 10.2. The van der Waals surface area contributed by atoms with Crippen molar-refractivity contribution in [2.45, 2.75) is 13.0 Å². The quantitative estimate of drug-likeness (QED) is 0.838. The molecule has 0 bridgehead atoms. The maximum absolute atomic E-state index is 9.90. The zero-order chi connectivity index (χ0) is 15.2. The molecule has 5 heteroatoms. The van der Waals surface area contributed by atoms with Crippen LogP contribution >= 0.6 is 23.2 Å². The third-order valence-electron chi connectivity index (χ3n) is 2.92. The highest BCUT2D eigenvalue weighted by molar-refractivity contribution is 6.42. The van der Waals surface area contributed by atoms with Crippen molar-refractivity contribution in [3.63, 3.8) is 0 Å². The number of benzene rings is 2. The Kier molecular flexibility index (Phi) is 5.74. The molecule has 21 heavy (non-hydrogen) atoms. The van der Waals surface area contributed by atoms with Crippen molar-refractivity contribution in [3.05, 3.63) is 58.1 Å². The Bertz CT molecular complexity index is 587. The van der Waals surface area contributed by atoms with E-state index < -0.39 is 6.10 Å². The van der Waals surface area contributed by atoms with Gasteiger partial charge in [0.2, 0.25) is 0 Å². The van der Waals surface area contributed by atoms with E-state index in [0.29, 0.717) is 16.6 Å². The predicted molar refractivity (Wildman–Crippen MR) is 87.6 cm³/mol. The lowest BCUT2D eigenvalue weighted by Crippen LogP contribution is -2.26. The van der Waals surface area contributed by atoms with Gasteiger partial charge in [-0.2, -0.15) is 0 Å². The van der Waals surface area contributed by atoms with Crippen LogP contribution in [0.2, 0.25) is 10.0 Å². The van der Waals surface area contributed by atoms with Crippen molar-refractivity contribution in [1.82, 2.24) is 0 Å². The molecule has 2 N–H and O–H groups in total. The monoisotopic (exact) mass is 325 g/mol. The average Bonchev–Trinajstić information content (AvgIpc) is 2.48. The smallest absolute Gasteiger partial charge is 0.119 e. The van der Waals surface area contributed by atoms with Crippen molar-refractivity contribution in [2.24, 2.45) is 0 Å². The summed E-state index contributed by atoms with van der Waals surface area (Å²) in [6.45, 7) is 2.60. The summed E-state index contributed by atoms with van der Waals surface area (Å²) in [5, 5.41) is 14.0. The largest absolute Gasteiger partial charge is 0.491 e. The first-order valence-corrected chi connectivity index (χ1v) is 7.36. The van der Waals surface area contributed by atoms with Crippen molar-refractivity contribution in [2.75, 3.05) is 18.5 Å². The van der Waals surface area contributed by atoms with Gasteiger partial charge in [-0.3, -0.25) is 0 Å². The number of rotatable bonds is 6. The third-order valence-corrected chi connectivity index (χ3v) is 3.66. The van der Waals surface area contributed by atoms with E-state index in [1.807, 2.05) is 37.3 Å². The van der Waals surface area contributed by atoms with Gasteiger partial charge in [0, 0.05) is 12.2 Å². The van der Waals surface area contributed by atoms with E-state index in [-0.39, 0.29) is 6.61 Å². The highest BCUT2D eigenvalue weighted by atomic mass is 35.5. The van der Waals surface area contributed by atoms with Crippen LogP contribution in [0.1, 0.15) is 5.56 Å². The minimum absolute atomic E-state index is 0.220. The van der Waals surface area contributed by atoms with E-state index in [4.69, 9.17) is 27.9 Å². The van der Waals surface area contributed by atoms with Gasteiger partial charge in [-0.1, -0.05) is 40.9 Å². The number of aliphatic hydroxyl groups is 1. The van der Waals surface area contributed by atoms with Crippen LogP contribution in [0.25, 0.3) is 0 Å². The molecule has 2 aromatic rings. The SMILES string of the molecule is Cc1ccc(OCC(O)CNc2ccc(Cl)c(Cl)c2)cc1. The molecule has 0 saturated heterocycles. The number of aryl methyl sites for hydroxylation is 1. The molecule has 2 rings (SSSR count). The van der Waals surface area contributed by atoms with E-state index in [2.05, 4.69) is 5.32 Å². The van der Waals surface area contributed by atoms with E-state index in [1.165, 1.54) is 5.56 Å². The zero-order valence-corrected chi connectivity index (χ0v) is 13.2. The number of ether oxygens (including phenoxy) is 1. The minimum atomic E-state index is -0.624. The molecule has 1 atom stereocenters. The van der Waals surface area contributed by atoms with E-state index in [1.54, 1.807) is 12.1 Å². The topological polar surface area (TPSA) is 41.5 Å². The number of nitrogens with one attached hydrogen (secondary N) is 1. The Hall–Kier alpha value is -1.42. The molecule has 0 aromatic heterocycles. The van der Waals surface area contributed by atoms with Crippen LogP contribution in [0.15, 0.2) is 42.5 Å². The van der Waals surface area contributed by atoms with Gasteiger partial charge in [0.15, 0.2) is 0 Å². The second-order valence-corrected chi connectivity index (χ2v) is 5.60. The number of halogens is 2. The molecule has 2 aromatic carbocycles. The summed E-state index contributed by atoms with van der Waals surface area (Å²) in [5.74, 6) is 0.745. The lowest BCUT2D eigenvalue weighted by molar-refractivity contribution is 0.117. The summed E-state index contributed by atoms with van der Waals surface area (Å²) in [6.07, 6.45) is -0.624. The number of aliphatic hydroxyl groups excluding tert-OH is 1. The molecule has 0 aliphatic carbocycles. The Morgan fingerprint density at radius 1 is 1.10 bits per heavy atom. The summed E-state index contributed by atoms with van der Waals surface area (Å²) in [7, 11) is 0. The Morgan fingerprint density at radius 2 is 1.81 bits per heavy atom. The maximum Gasteiger partial charge on any atom is 0.119 e. The summed E-state index contributed by atoms with van der Waals surface area (Å²) in [6, 6.07) is 12.9. The molecule has 0 saturated carbocycles. The first kappa shape index (κ1) is 16.0. The second-order valence-electron chi connectivity index (χ2n) is 4.79. The molecule has 0 aliphatic rings. The standard InChI is InChI=1S/C16H17Cl2NO2/c1-11-2-5-14(6-3-11)21-10-13(20)9-19-12-4-7-15(17)16(18)8-12/h2-8,13,19-20H,9-10H2,1H3. The first-order chi connectivity index (χ1) is 10.0. The summed E-state index contributed by atoms with van der Waals surface area (Å²) in [4.78, 5) is 0. The molecule has 0 radical (unpaired) electrons. The van der Waals surface area contributed by atoms with Gasteiger partial charge in [-0.25, -0.2) is 0 Å².